The van der Waals surface area contributed by atoms with Gasteiger partial charge in [0.15, 0.2) is 0 Å². The van der Waals surface area contributed by atoms with Crippen molar-refractivity contribution in [3.63, 3.8) is 0 Å². The fourth-order valence-corrected chi connectivity index (χ4v) is 2.82. The van der Waals surface area contributed by atoms with E-state index in [0.717, 1.165) is 37.0 Å². The van der Waals surface area contributed by atoms with E-state index in [1.165, 1.54) is 19.3 Å². The summed E-state index contributed by atoms with van der Waals surface area (Å²) in [7, 11) is 0. The minimum absolute atomic E-state index is 0.0277. The standard InChI is InChI=1S/C17H30N4/c1-6-10-18-14-12-15(20-16(19-14)17(3,4)5)21-11-8-9-13(21)7-2/h12-13H,6-11H2,1-5H3,(H,18,19,20). The van der Waals surface area contributed by atoms with Crippen molar-refractivity contribution in [3.05, 3.63) is 11.9 Å². The number of aromatic nitrogens is 2. The molecule has 0 saturated carbocycles. The Kier molecular flexibility index (Phi) is 5.07. The first-order chi connectivity index (χ1) is 9.95. The molecule has 21 heavy (non-hydrogen) atoms. The average molecular weight is 290 g/mol. The summed E-state index contributed by atoms with van der Waals surface area (Å²) in [6, 6.07) is 2.76. The molecule has 1 unspecified atom stereocenters. The SMILES string of the molecule is CCCNc1cc(N2CCCC2CC)nc(C(C)(C)C)n1. The lowest BCUT2D eigenvalue weighted by Crippen LogP contribution is -2.30. The molecule has 118 valence electrons. The van der Waals surface area contributed by atoms with E-state index in [4.69, 9.17) is 9.97 Å². The van der Waals surface area contributed by atoms with Crippen LogP contribution in [0.4, 0.5) is 11.6 Å². The Balaban J connectivity index is 2.35. The predicted molar refractivity (Wildman–Crippen MR) is 90.2 cm³/mol. The lowest BCUT2D eigenvalue weighted by molar-refractivity contribution is 0.542. The van der Waals surface area contributed by atoms with E-state index < -0.39 is 0 Å². The number of hydrogen-bond donors (Lipinski definition) is 1. The number of nitrogens with one attached hydrogen (secondary N) is 1. The maximum absolute atomic E-state index is 4.87. The average Bonchev–Trinajstić information content (AvgIpc) is 2.92. The third-order valence-corrected chi connectivity index (χ3v) is 4.08. The Hall–Kier alpha value is -1.32. The van der Waals surface area contributed by atoms with E-state index in [1.807, 2.05) is 0 Å². The quantitative estimate of drug-likeness (QED) is 0.890. The van der Waals surface area contributed by atoms with Crippen LogP contribution in [0.15, 0.2) is 6.07 Å². The minimum atomic E-state index is -0.0277. The molecular weight excluding hydrogens is 260 g/mol. The van der Waals surface area contributed by atoms with Crippen molar-refractivity contribution in [3.8, 4) is 0 Å². The van der Waals surface area contributed by atoms with Crippen molar-refractivity contribution in [2.45, 2.75) is 71.8 Å². The van der Waals surface area contributed by atoms with Crippen LogP contribution in [-0.4, -0.2) is 29.1 Å². The summed E-state index contributed by atoms with van der Waals surface area (Å²) in [5, 5.41) is 3.43. The maximum Gasteiger partial charge on any atom is 0.138 e. The molecule has 1 fully saturated rings. The van der Waals surface area contributed by atoms with Gasteiger partial charge in [-0.15, -0.1) is 0 Å². The van der Waals surface area contributed by atoms with Crippen molar-refractivity contribution < 1.29 is 0 Å². The van der Waals surface area contributed by atoms with Gasteiger partial charge in [-0.3, -0.25) is 0 Å². The zero-order valence-electron chi connectivity index (χ0n) is 14.2. The molecule has 0 aliphatic carbocycles. The van der Waals surface area contributed by atoms with E-state index >= 15 is 0 Å². The van der Waals surface area contributed by atoms with Crippen molar-refractivity contribution in [2.24, 2.45) is 0 Å². The lowest BCUT2D eigenvalue weighted by Gasteiger charge is -2.27. The molecular formula is C17H30N4. The molecule has 2 rings (SSSR count). The fourth-order valence-electron chi connectivity index (χ4n) is 2.82. The van der Waals surface area contributed by atoms with Gasteiger partial charge in [0, 0.05) is 30.6 Å². The van der Waals surface area contributed by atoms with Crippen LogP contribution in [0.2, 0.25) is 0 Å². The molecule has 2 heterocycles. The minimum Gasteiger partial charge on any atom is -0.370 e. The van der Waals surface area contributed by atoms with Gasteiger partial charge < -0.3 is 10.2 Å². The third kappa shape index (κ3) is 3.86. The van der Waals surface area contributed by atoms with Crippen LogP contribution in [0.3, 0.4) is 0 Å². The number of rotatable bonds is 5. The van der Waals surface area contributed by atoms with Gasteiger partial charge in [0.05, 0.1) is 0 Å². The maximum atomic E-state index is 4.87. The van der Waals surface area contributed by atoms with Crippen molar-refractivity contribution in [1.82, 2.24) is 9.97 Å². The lowest BCUT2D eigenvalue weighted by atomic mass is 9.95. The highest BCUT2D eigenvalue weighted by Crippen LogP contribution is 2.29. The highest BCUT2D eigenvalue weighted by molar-refractivity contribution is 5.51. The second kappa shape index (κ2) is 6.63. The Morgan fingerprint density at radius 1 is 1.29 bits per heavy atom. The van der Waals surface area contributed by atoms with Crippen LogP contribution >= 0.6 is 0 Å². The molecule has 0 spiro atoms. The van der Waals surface area contributed by atoms with Gasteiger partial charge >= 0.3 is 0 Å². The van der Waals surface area contributed by atoms with E-state index in [-0.39, 0.29) is 5.41 Å². The van der Waals surface area contributed by atoms with Crippen molar-refractivity contribution in [2.75, 3.05) is 23.3 Å². The van der Waals surface area contributed by atoms with Crippen LogP contribution in [-0.2, 0) is 5.41 Å². The zero-order chi connectivity index (χ0) is 15.5. The van der Waals surface area contributed by atoms with Gasteiger partial charge in [-0.1, -0.05) is 34.6 Å². The van der Waals surface area contributed by atoms with Crippen LogP contribution in [0, 0.1) is 0 Å². The summed E-state index contributed by atoms with van der Waals surface area (Å²) in [4.78, 5) is 12.0. The van der Waals surface area contributed by atoms with Crippen molar-refractivity contribution >= 4 is 11.6 Å². The molecule has 0 amide bonds. The molecule has 0 aromatic carbocycles. The highest BCUT2D eigenvalue weighted by Gasteiger charge is 2.27. The summed E-state index contributed by atoms with van der Waals surface area (Å²) in [5.74, 6) is 2.99. The molecule has 1 N–H and O–H groups in total. The smallest absolute Gasteiger partial charge is 0.138 e. The Labute approximate surface area is 129 Å². The Morgan fingerprint density at radius 2 is 2.05 bits per heavy atom. The van der Waals surface area contributed by atoms with Gasteiger partial charge in [-0.25, -0.2) is 9.97 Å². The monoisotopic (exact) mass is 290 g/mol. The topological polar surface area (TPSA) is 41.0 Å². The second-order valence-electron chi connectivity index (χ2n) is 7.01. The number of hydrogen-bond acceptors (Lipinski definition) is 4. The van der Waals surface area contributed by atoms with E-state index in [0.29, 0.717) is 6.04 Å². The molecule has 0 bridgehead atoms. The summed E-state index contributed by atoms with van der Waals surface area (Å²) in [5.41, 5.74) is -0.0277. The van der Waals surface area contributed by atoms with Gasteiger partial charge in [-0.05, 0) is 25.7 Å². The highest BCUT2D eigenvalue weighted by atomic mass is 15.2. The Bertz CT molecular complexity index is 464. The molecule has 1 aliphatic heterocycles. The molecule has 1 aromatic rings. The van der Waals surface area contributed by atoms with Gasteiger partial charge in [-0.2, -0.15) is 0 Å². The first-order valence-corrected chi connectivity index (χ1v) is 8.35. The normalized spacial score (nSPS) is 19.1. The van der Waals surface area contributed by atoms with Crippen molar-refractivity contribution in [1.29, 1.82) is 0 Å². The largest absolute Gasteiger partial charge is 0.370 e. The first-order valence-electron chi connectivity index (χ1n) is 8.35. The number of anilines is 2. The molecule has 1 aromatic heterocycles. The van der Waals surface area contributed by atoms with E-state index in [9.17, 15) is 0 Å². The fraction of sp³-hybridized carbons (Fsp3) is 0.765. The summed E-state index contributed by atoms with van der Waals surface area (Å²) in [6.45, 7) is 13.0. The van der Waals surface area contributed by atoms with Crippen LogP contribution < -0.4 is 10.2 Å². The number of nitrogens with zero attached hydrogens (tertiary/aromatic N) is 3. The van der Waals surface area contributed by atoms with Crippen LogP contribution in [0.25, 0.3) is 0 Å². The van der Waals surface area contributed by atoms with E-state index in [2.05, 4.69) is 50.9 Å². The summed E-state index contributed by atoms with van der Waals surface area (Å²) in [6.07, 6.45) is 4.84. The molecule has 4 heteroatoms. The molecule has 1 atom stereocenters. The summed E-state index contributed by atoms with van der Waals surface area (Å²) < 4.78 is 0. The first kappa shape index (κ1) is 16.1. The van der Waals surface area contributed by atoms with E-state index in [1.54, 1.807) is 0 Å². The van der Waals surface area contributed by atoms with Gasteiger partial charge in [0.1, 0.15) is 17.5 Å². The molecule has 0 radical (unpaired) electrons. The van der Waals surface area contributed by atoms with Crippen LogP contribution in [0.1, 0.15) is 66.1 Å². The third-order valence-electron chi connectivity index (χ3n) is 4.08. The second-order valence-corrected chi connectivity index (χ2v) is 7.01. The zero-order valence-corrected chi connectivity index (χ0v) is 14.2. The predicted octanol–water partition coefficient (Wildman–Crippen LogP) is 3.97. The molecule has 4 nitrogen and oxygen atoms in total. The molecule has 1 aliphatic rings. The van der Waals surface area contributed by atoms with Crippen LogP contribution in [0.5, 0.6) is 0 Å². The van der Waals surface area contributed by atoms with Gasteiger partial charge in [0.2, 0.25) is 0 Å². The molecule has 1 saturated heterocycles. The van der Waals surface area contributed by atoms with Gasteiger partial charge in [0.25, 0.3) is 0 Å². The Morgan fingerprint density at radius 3 is 2.67 bits per heavy atom. The summed E-state index contributed by atoms with van der Waals surface area (Å²) >= 11 is 0.